The molecule has 0 aliphatic carbocycles. The molecule has 33 heavy (non-hydrogen) atoms. The molecule has 3 aromatic carbocycles. The lowest BCUT2D eigenvalue weighted by Gasteiger charge is -2.21. The highest BCUT2D eigenvalue weighted by Gasteiger charge is 2.21. The van der Waals surface area contributed by atoms with Gasteiger partial charge in [-0.15, -0.1) is 0 Å². The zero-order valence-electron chi connectivity index (χ0n) is 18.9. The summed E-state index contributed by atoms with van der Waals surface area (Å²) in [6.45, 7) is 3.75. The molecule has 0 saturated heterocycles. The minimum absolute atomic E-state index is 0.0532. The van der Waals surface area contributed by atoms with Crippen molar-refractivity contribution < 1.29 is 23.4 Å². The summed E-state index contributed by atoms with van der Waals surface area (Å²) in [6, 6.07) is 19.9. The highest BCUT2D eigenvalue weighted by Crippen LogP contribution is 2.29. The molecule has 0 aromatic heterocycles. The van der Waals surface area contributed by atoms with Crippen molar-refractivity contribution in [2.24, 2.45) is 0 Å². The molecule has 0 fully saturated rings. The van der Waals surface area contributed by atoms with Gasteiger partial charge in [0, 0.05) is 12.1 Å². The van der Waals surface area contributed by atoms with Crippen LogP contribution in [0.4, 0.5) is 4.39 Å². The Morgan fingerprint density at radius 1 is 1.09 bits per heavy atom. The quantitative estimate of drug-likeness (QED) is 0.505. The van der Waals surface area contributed by atoms with Gasteiger partial charge in [-0.3, -0.25) is 4.79 Å². The number of hydrogen-bond acceptors (Lipinski definition) is 4. The zero-order valence-corrected chi connectivity index (χ0v) is 18.9. The largest absolute Gasteiger partial charge is 0.497 e. The summed E-state index contributed by atoms with van der Waals surface area (Å²) in [5.41, 5.74) is 3.67. The van der Waals surface area contributed by atoms with Crippen molar-refractivity contribution in [2.75, 3.05) is 20.3 Å². The first-order chi connectivity index (χ1) is 16.0. The number of carbonyl (C=O) groups excluding carboxylic acids is 1. The van der Waals surface area contributed by atoms with Crippen LogP contribution in [-0.2, 0) is 29.1 Å². The maximum atomic E-state index is 13.4. The molecule has 0 saturated carbocycles. The van der Waals surface area contributed by atoms with E-state index in [9.17, 15) is 9.18 Å². The summed E-state index contributed by atoms with van der Waals surface area (Å²) in [5, 5.41) is 0. The molecule has 4 rings (SSSR count). The Bertz CT molecular complexity index is 1100. The van der Waals surface area contributed by atoms with Gasteiger partial charge in [0.2, 0.25) is 5.91 Å². The molecule has 0 radical (unpaired) electrons. The van der Waals surface area contributed by atoms with Gasteiger partial charge in [-0.05, 0) is 60.0 Å². The standard InChI is InChI=1S/C27H28FNO4/c1-19(33-18-21-4-3-5-24(28)14-21)22-8-11-26-23(16-22)17-29(12-13-32-26)27(30)15-20-6-9-25(31-2)10-7-20/h3-11,14,16,19H,12-13,15,17-18H2,1-2H3. The number of halogens is 1. The summed E-state index contributed by atoms with van der Waals surface area (Å²) >= 11 is 0. The molecular weight excluding hydrogens is 421 g/mol. The summed E-state index contributed by atoms with van der Waals surface area (Å²) in [4.78, 5) is 14.8. The number of fused-ring (bicyclic) bond motifs is 1. The molecule has 1 amide bonds. The van der Waals surface area contributed by atoms with Gasteiger partial charge < -0.3 is 19.1 Å². The normalized spacial score (nSPS) is 14.1. The van der Waals surface area contributed by atoms with E-state index in [0.717, 1.165) is 33.8 Å². The van der Waals surface area contributed by atoms with Gasteiger partial charge in [0.1, 0.15) is 23.9 Å². The number of amides is 1. The number of ether oxygens (including phenoxy) is 3. The van der Waals surface area contributed by atoms with E-state index >= 15 is 0 Å². The fourth-order valence-electron chi connectivity index (χ4n) is 3.85. The number of rotatable bonds is 7. The highest BCUT2D eigenvalue weighted by atomic mass is 19.1. The van der Waals surface area contributed by atoms with E-state index in [-0.39, 0.29) is 17.8 Å². The molecule has 3 aromatic rings. The second-order valence-corrected chi connectivity index (χ2v) is 8.14. The zero-order chi connectivity index (χ0) is 23.2. The Morgan fingerprint density at radius 2 is 1.91 bits per heavy atom. The van der Waals surface area contributed by atoms with Crippen LogP contribution >= 0.6 is 0 Å². The van der Waals surface area contributed by atoms with Gasteiger partial charge in [-0.1, -0.05) is 30.3 Å². The Kier molecular flexibility index (Phi) is 7.25. The number of methoxy groups -OCH3 is 1. The topological polar surface area (TPSA) is 48.0 Å². The molecule has 1 aliphatic heterocycles. The molecule has 5 nitrogen and oxygen atoms in total. The van der Waals surface area contributed by atoms with Crippen LogP contribution in [0.5, 0.6) is 11.5 Å². The fourth-order valence-corrected chi connectivity index (χ4v) is 3.85. The van der Waals surface area contributed by atoms with Gasteiger partial charge >= 0.3 is 0 Å². The predicted molar refractivity (Wildman–Crippen MR) is 124 cm³/mol. The van der Waals surface area contributed by atoms with Crippen molar-refractivity contribution in [3.8, 4) is 11.5 Å². The summed E-state index contributed by atoms with van der Waals surface area (Å²) < 4.78 is 30.5. The maximum absolute atomic E-state index is 13.4. The summed E-state index contributed by atoms with van der Waals surface area (Å²) in [6.07, 6.45) is 0.136. The Hall–Kier alpha value is -3.38. The van der Waals surface area contributed by atoms with E-state index in [1.54, 1.807) is 13.2 Å². The number of carbonyl (C=O) groups is 1. The van der Waals surface area contributed by atoms with Crippen LogP contribution in [0, 0.1) is 5.82 Å². The number of benzene rings is 3. The highest BCUT2D eigenvalue weighted by molar-refractivity contribution is 5.79. The Labute approximate surface area is 193 Å². The summed E-state index contributed by atoms with van der Waals surface area (Å²) in [7, 11) is 1.62. The molecule has 0 N–H and O–H groups in total. The average Bonchev–Trinajstić information content (AvgIpc) is 3.05. The van der Waals surface area contributed by atoms with Gasteiger partial charge in [0.15, 0.2) is 0 Å². The van der Waals surface area contributed by atoms with Gasteiger partial charge in [-0.2, -0.15) is 0 Å². The third kappa shape index (κ3) is 5.90. The van der Waals surface area contributed by atoms with Gasteiger partial charge in [0.25, 0.3) is 0 Å². The van der Waals surface area contributed by atoms with Crippen molar-refractivity contribution in [2.45, 2.75) is 32.6 Å². The second kappa shape index (κ2) is 10.5. The molecule has 1 heterocycles. The lowest BCUT2D eigenvalue weighted by atomic mass is 10.0. The van der Waals surface area contributed by atoms with Crippen molar-refractivity contribution in [1.29, 1.82) is 0 Å². The first kappa shape index (κ1) is 22.8. The van der Waals surface area contributed by atoms with E-state index in [1.807, 2.05) is 60.4 Å². The Balaban J connectivity index is 1.42. The van der Waals surface area contributed by atoms with Crippen molar-refractivity contribution in [3.05, 3.63) is 94.8 Å². The van der Waals surface area contributed by atoms with E-state index in [4.69, 9.17) is 14.2 Å². The van der Waals surface area contributed by atoms with Gasteiger partial charge in [-0.25, -0.2) is 4.39 Å². The van der Waals surface area contributed by atoms with Crippen LogP contribution < -0.4 is 9.47 Å². The minimum atomic E-state index is -0.273. The van der Waals surface area contributed by atoms with E-state index in [1.165, 1.54) is 12.1 Å². The van der Waals surface area contributed by atoms with Crippen LogP contribution in [0.3, 0.4) is 0 Å². The van der Waals surface area contributed by atoms with Crippen LogP contribution in [-0.4, -0.2) is 31.1 Å². The molecule has 172 valence electrons. The van der Waals surface area contributed by atoms with Gasteiger partial charge in [0.05, 0.1) is 32.8 Å². The third-order valence-electron chi connectivity index (χ3n) is 5.79. The van der Waals surface area contributed by atoms with Crippen LogP contribution in [0.25, 0.3) is 0 Å². The minimum Gasteiger partial charge on any atom is -0.497 e. The molecule has 0 spiro atoms. The molecule has 1 atom stereocenters. The predicted octanol–water partition coefficient (Wildman–Crippen LogP) is 5.08. The SMILES string of the molecule is COc1ccc(CC(=O)N2CCOc3ccc(C(C)OCc4cccc(F)c4)cc3C2)cc1. The molecule has 1 aliphatic rings. The summed E-state index contributed by atoms with van der Waals surface area (Å²) in [5.74, 6) is 1.34. The second-order valence-electron chi connectivity index (χ2n) is 8.14. The van der Waals surface area contributed by atoms with E-state index in [2.05, 4.69) is 0 Å². The molecule has 0 bridgehead atoms. The molecule has 1 unspecified atom stereocenters. The fraction of sp³-hybridized carbons (Fsp3) is 0.296. The number of hydrogen-bond donors (Lipinski definition) is 0. The molecule has 6 heteroatoms. The van der Waals surface area contributed by atoms with E-state index in [0.29, 0.717) is 32.7 Å². The maximum Gasteiger partial charge on any atom is 0.227 e. The average molecular weight is 450 g/mol. The smallest absolute Gasteiger partial charge is 0.227 e. The van der Waals surface area contributed by atoms with Crippen molar-refractivity contribution >= 4 is 5.91 Å². The third-order valence-corrected chi connectivity index (χ3v) is 5.79. The Morgan fingerprint density at radius 3 is 2.67 bits per heavy atom. The lowest BCUT2D eigenvalue weighted by Crippen LogP contribution is -2.33. The first-order valence-corrected chi connectivity index (χ1v) is 11.0. The first-order valence-electron chi connectivity index (χ1n) is 11.0. The van der Waals surface area contributed by atoms with Crippen LogP contribution in [0.1, 0.15) is 35.3 Å². The van der Waals surface area contributed by atoms with Crippen molar-refractivity contribution in [1.82, 2.24) is 4.90 Å². The van der Waals surface area contributed by atoms with Crippen LogP contribution in [0.2, 0.25) is 0 Å². The van der Waals surface area contributed by atoms with Crippen molar-refractivity contribution in [3.63, 3.8) is 0 Å². The number of nitrogens with zero attached hydrogens (tertiary/aromatic N) is 1. The monoisotopic (exact) mass is 449 g/mol. The van der Waals surface area contributed by atoms with Crippen LogP contribution in [0.15, 0.2) is 66.7 Å². The van der Waals surface area contributed by atoms with E-state index < -0.39 is 0 Å². The molecular formula is C27H28FNO4. The lowest BCUT2D eigenvalue weighted by molar-refractivity contribution is -0.131.